The van der Waals surface area contributed by atoms with Crippen molar-refractivity contribution in [3.8, 4) is 5.75 Å². The number of benzene rings is 2. The van der Waals surface area contributed by atoms with Crippen molar-refractivity contribution in [1.29, 1.82) is 0 Å². The molecule has 0 bridgehead atoms. The van der Waals surface area contributed by atoms with E-state index in [4.69, 9.17) is 4.74 Å². The molecule has 2 aromatic carbocycles. The van der Waals surface area contributed by atoms with Crippen molar-refractivity contribution in [3.63, 3.8) is 0 Å². The van der Waals surface area contributed by atoms with E-state index in [1.807, 2.05) is 12.3 Å². The quantitative estimate of drug-likeness (QED) is 0.571. The van der Waals surface area contributed by atoms with Crippen LogP contribution in [0.4, 0.5) is 5.69 Å². The Labute approximate surface area is 173 Å². The lowest BCUT2D eigenvalue weighted by molar-refractivity contribution is 0.0954. The van der Waals surface area contributed by atoms with Crippen LogP contribution in [0.1, 0.15) is 21.1 Å². The molecule has 0 aliphatic rings. The average molecular weight is 432 g/mol. The SMILES string of the molecule is COc1ccc(NS(=O)(=O)c2ccc(C(=O)NCCc3csc(C)n3)cc2)cc1. The van der Waals surface area contributed by atoms with E-state index in [2.05, 4.69) is 15.0 Å². The van der Waals surface area contributed by atoms with Crippen LogP contribution < -0.4 is 14.8 Å². The van der Waals surface area contributed by atoms with Crippen molar-refractivity contribution in [3.05, 3.63) is 70.2 Å². The molecule has 1 aromatic heterocycles. The Morgan fingerprint density at radius 1 is 1.10 bits per heavy atom. The summed E-state index contributed by atoms with van der Waals surface area (Å²) in [6.45, 7) is 2.40. The van der Waals surface area contributed by atoms with E-state index >= 15 is 0 Å². The molecule has 3 rings (SSSR count). The van der Waals surface area contributed by atoms with Gasteiger partial charge in [-0.2, -0.15) is 0 Å². The zero-order valence-corrected chi connectivity index (χ0v) is 17.6. The number of hydrogen-bond acceptors (Lipinski definition) is 6. The highest BCUT2D eigenvalue weighted by molar-refractivity contribution is 7.92. The van der Waals surface area contributed by atoms with Crippen LogP contribution >= 0.6 is 11.3 Å². The highest BCUT2D eigenvalue weighted by Crippen LogP contribution is 2.19. The number of sulfonamides is 1. The number of thiazole rings is 1. The second kappa shape index (κ2) is 9.06. The third-order valence-corrected chi connectivity index (χ3v) is 6.32. The maximum atomic E-state index is 12.5. The molecule has 7 nitrogen and oxygen atoms in total. The summed E-state index contributed by atoms with van der Waals surface area (Å²) < 4.78 is 32.6. The summed E-state index contributed by atoms with van der Waals surface area (Å²) >= 11 is 1.57. The molecule has 0 fully saturated rings. The van der Waals surface area contributed by atoms with E-state index < -0.39 is 10.0 Å². The van der Waals surface area contributed by atoms with Gasteiger partial charge >= 0.3 is 0 Å². The third-order valence-electron chi connectivity index (χ3n) is 4.10. The van der Waals surface area contributed by atoms with Gasteiger partial charge in [0.15, 0.2) is 0 Å². The normalized spacial score (nSPS) is 11.1. The minimum Gasteiger partial charge on any atom is -0.497 e. The highest BCUT2D eigenvalue weighted by Gasteiger charge is 2.15. The van der Waals surface area contributed by atoms with Crippen molar-refractivity contribution in [1.82, 2.24) is 10.3 Å². The monoisotopic (exact) mass is 431 g/mol. The average Bonchev–Trinajstić information content (AvgIpc) is 3.13. The van der Waals surface area contributed by atoms with E-state index in [-0.39, 0.29) is 10.8 Å². The van der Waals surface area contributed by atoms with Crippen LogP contribution in [0.5, 0.6) is 5.75 Å². The molecule has 9 heteroatoms. The second-order valence-electron chi connectivity index (χ2n) is 6.22. The molecule has 0 radical (unpaired) electrons. The smallest absolute Gasteiger partial charge is 0.261 e. The van der Waals surface area contributed by atoms with Crippen LogP contribution in [-0.2, 0) is 16.4 Å². The van der Waals surface area contributed by atoms with Crippen molar-refractivity contribution >= 4 is 33.0 Å². The number of ether oxygens (including phenoxy) is 1. The zero-order chi connectivity index (χ0) is 20.9. The van der Waals surface area contributed by atoms with Crippen molar-refractivity contribution in [2.75, 3.05) is 18.4 Å². The minimum atomic E-state index is -3.76. The molecule has 1 heterocycles. The Balaban J connectivity index is 1.59. The van der Waals surface area contributed by atoms with Gasteiger partial charge < -0.3 is 10.1 Å². The molecule has 1 amide bonds. The summed E-state index contributed by atoms with van der Waals surface area (Å²) in [5.41, 5.74) is 1.76. The summed E-state index contributed by atoms with van der Waals surface area (Å²) in [7, 11) is -2.22. The lowest BCUT2D eigenvalue weighted by Crippen LogP contribution is -2.25. The van der Waals surface area contributed by atoms with Crippen LogP contribution in [-0.4, -0.2) is 33.0 Å². The number of aryl methyl sites for hydroxylation is 1. The fourth-order valence-corrected chi connectivity index (χ4v) is 4.29. The van der Waals surface area contributed by atoms with Crippen LogP contribution in [0.15, 0.2) is 58.8 Å². The molecular weight excluding hydrogens is 410 g/mol. The number of carbonyl (C=O) groups is 1. The number of nitrogens with zero attached hydrogens (tertiary/aromatic N) is 1. The first-order valence-corrected chi connectivity index (χ1v) is 11.2. The molecule has 0 saturated heterocycles. The van der Waals surface area contributed by atoms with Crippen LogP contribution in [0.3, 0.4) is 0 Å². The molecule has 0 unspecified atom stereocenters. The van der Waals surface area contributed by atoms with Crippen LogP contribution in [0.2, 0.25) is 0 Å². The molecule has 0 aliphatic carbocycles. The fraction of sp³-hybridized carbons (Fsp3) is 0.200. The van der Waals surface area contributed by atoms with Crippen molar-refractivity contribution < 1.29 is 17.9 Å². The summed E-state index contributed by atoms with van der Waals surface area (Å²) in [6, 6.07) is 12.4. The zero-order valence-electron chi connectivity index (χ0n) is 16.0. The van der Waals surface area contributed by atoms with Gasteiger partial charge in [-0.1, -0.05) is 0 Å². The van der Waals surface area contributed by atoms with Gasteiger partial charge in [-0.25, -0.2) is 13.4 Å². The van der Waals surface area contributed by atoms with Crippen molar-refractivity contribution in [2.45, 2.75) is 18.2 Å². The number of rotatable bonds is 8. The van der Waals surface area contributed by atoms with E-state index in [0.717, 1.165) is 10.7 Å². The van der Waals surface area contributed by atoms with E-state index in [1.165, 1.54) is 31.4 Å². The second-order valence-corrected chi connectivity index (χ2v) is 8.97. The van der Waals surface area contributed by atoms with E-state index in [0.29, 0.717) is 30.0 Å². The maximum absolute atomic E-state index is 12.5. The maximum Gasteiger partial charge on any atom is 0.261 e. The minimum absolute atomic E-state index is 0.0721. The van der Waals surface area contributed by atoms with Gasteiger partial charge in [-0.3, -0.25) is 9.52 Å². The van der Waals surface area contributed by atoms with E-state index in [9.17, 15) is 13.2 Å². The van der Waals surface area contributed by atoms with Crippen molar-refractivity contribution in [2.24, 2.45) is 0 Å². The number of anilines is 1. The predicted octanol–water partition coefficient (Wildman–Crippen LogP) is 3.23. The van der Waals surface area contributed by atoms with Gasteiger partial charge in [-0.15, -0.1) is 11.3 Å². The Bertz CT molecular complexity index is 1080. The first kappa shape index (κ1) is 20.8. The Morgan fingerprint density at radius 2 is 1.79 bits per heavy atom. The lowest BCUT2D eigenvalue weighted by atomic mass is 10.2. The molecule has 29 heavy (non-hydrogen) atoms. The topological polar surface area (TPSA) is 97.4 Å². The summed E-state index contributed by atoms with van der Waals surface area (Å²) in [4.78, 5) is 16.7. The summed E-state index contributed by atoms with van der Waals surface area (Å²) in [6.07, 6.45) is 0.647. The first-order valence-electron chi connectivity index (χ1n) is 8.83. The molecule has 0 spiro atoms. The number of carbonyl (C=O) groups excluding carboxylic acids is 1. The van der Waals surface area contributed by atoms with Gasteiger partial charge in [0.25, 0.3) is 15.9 Å². The fourth-order valence-electron chi connectivity index (χ4n) is 2.59. The Hall–Kier alpha value is -2.91. The van der Waals surface area contributed by atoms with E-state index in [1.54, 1.807) is 35.6 Å². The summed E-state index contributed by atoms with van der Waals surface area (Å²) in [5.74, 6) is 0.372. The van der Waals surface area contributed by atoms with Gasteiger partial charge in [0.2, 0.25) is 0 Å². The van der Waals surface area contributed by atoms with Crippen LogP contribution in [0.25, 0.3) is 0 Å². The molecule has 0 aliphatic heterocycles. The van der Waals surface area contributed by atoms with Gasteiger partial charge in [-0.05, 0) is 55.5 Å². The third kappa shape index (κ3) is 5.55. The van der Waals surface area contributed by atoms with Gasteiger partial charge in [0, 0.05) is 29.6 Å². The number of nitrogens with one attached hydrogen (secondary N) is 2. The molecule has 0 saturated carbocycles. The molecular formula is C20H21N3O4S2. The molecule has 3 aromatic rings. The summed E-state index contributed by atoms with van der Waals surface area (Å²) in [5, 5.41) is 5.78. The number of amides is 1. The number of methoxy groups -OCH3 is 1. The Kier molecular flexibility index (Phi) is 6.50. The molecule has 0 atom stereocenters. The number of hydrogen-bond donors (Lipinski definition) is 2. The standard InChI is InChI=1S/C20H21N3O4S2/c1-14-22-17(13-28-14)11-12-21-20(24)15-3-9-19(10-4-15)29(25,26)23-16-5-7-18(27-2)8-6-16/h3-10,13,23H,11-12H2,1-2H3,(H,21,24). The largest absolute Gasteiger partial charge is 0.497 e. The van der Waals surface area contributed by atoms with Gasteiger partial charge in [0.05, 0.1) is 22.7 Å². The predicted molar refractivity (Wildman–Crippen MR) is 113 cm³/mol. The van der Waals surface area contributed by atoms with Gasteiger partial charge in [0.1, 0.15) is 5.75 Å². The molecule has 2 N–H and O–H groups in total. The Morgan fingerprint density at radius 3 is 2.38 bits per heavy atom. The van der Waals surface area contributed by atoms with Crippen LogP contribution in [0, 0.1) is 6.92 Å². The number of aromatic nitrogens is 1. The highest BCUT2D eigenvalue weighted by atomic mass is 32.2. The lowest BCUT2D eigenvalue weighted by Gasteiger charge is -2.10. The first-order chi connectivity index (χ1) is 13.9. The molecule has 152 valence electrons.